The molecule has 1 unspecified atom stereocenters. The van der Waals surface area contributed by atoms with Crippen LogP contribution in [0.15, 0.2) is 28.7 Å². The van der Waals surface area contributed by atoms with Crippen molar-refractivity contribution in [3.8, 4) is 5.75 Å². The summed E-state index contributed by atoms with van der Waals surface area (Å²) in [5, 5.41) is 2.90. The highest BCUT2D eigenvalue weighted by Crippen LogP contribution is 2.17. The number of carbonyl (C=O) groups is 1. The van der Waals surface area contributed by atoms with E-state index in [4.69, 9.17) is 4.74 Å². The average Bonchev–Trinajstić information content (AvgIpc) is 2.43. The number of nitrogens with one attached hydrogen (secondary N) is 1. The van der Waals surface area contributed by atoms with Crippen molar-refractivity contribution in [3.05, 3.63) is 28.7 Å². The van der Waals surface area contributed by atoms with E-state index in [1.165, 1.54) is 6.42 Å². The van der Waals surface area contributed by atoms with E-state index in [1.807, 2.05) is 31.2 Å². The summed E-state index contributed by atoms with van der Waals surface area (Å²) in [5.41, 5.74) is 0. The zero-order valence-corrected chi connectivity index (χ0v) is 14.4. The highest BCUT2D eigenvalue weighted by molar-refractivity contribution is 9.10. The van der Waals surface area contributed by atoms with Crippen LogP contribution in [0.1, 0.15) is 26.7 Å². The van der Waals surface area contributed by atoms with E-state index in [-0.39, 0.29) is 11.2 Å². The van der Waals surface area contributed by atoms with Crippen molar-refractivity contribution in [2.24, 2.45) is 0 Å². The van der Waals surface area contributed by atoms with Gasteiger partial charge >= 0.3 is 0 Å². The molecule has 0 bridgehead atoms. The molecule has 0 spiro atoms. The third kappa shape index (κ3) is 7.20. The summed E-state index contributed by atoms with van der Waals surface area (Å²) < 4.78 is 6.55. The Bertz CT molecular complexity index is 415. The number of hydrogen-bond acceptors (Lipinski definition) is 3. The van der Waals surface area contributed by atoms with E-state index in [9.17, 15) is 4.79 Å². The van der Waals surface area contributed by atoms with Gasteiger partial charge in [0.1, 0.15) is 12.4 Å². The van der Waals surface area contributed by atoms with Crippen molar-refractivity contribution in [3.63, 3.8) is 0 Å². The van der Waals surface area contributed by atoms with Crippen molar-refractivity contribution >= 4 is 33.6 Å². The van der Waals surface area contributed by atoms with Gasteiger partial charge in [-0.25, -0.2) is 0 Å². The minimum Gasteiger partial charge on any atom is -0.492 e. The minimum atomic E-state index is 0.00687. The predicted molar refractivity (Wildman–Crippen MR) is 89.5 cm³/mol. The number of ether oxygens (including phenoxy) is 1. The van der Waals surface area contributed by atoms with Gasteiger partial charge in [0.15, 0.2) is 0 Å². The van der Waals surface area contributed by atoms with Crippen molar-refractivity contribution in [1.82, 2.24) is 5.32 Å². The monoisotopic (exact) mass is 359 g/mol. The minimum absolute atomic E-state index is 0.00687. The van der Waals surface area contributed by atoms with Gasteiger partial charge < -0.3 is 10.1 Å². The summed E-state index contributed by atoms with van der Waals surface area (Å²) in [6.07, 6.45) is 2.33. The van der Waals surface area contributed by atoms with Crippen molar-refractivity contribution < 1.29 is 9.53 Å². The summed E-state index contributed by atoms with van der Waals surface area (Å²) in [7, 11) is 0. The third-order valence-electron chi connectivity index (χ3n) is 2.70. The van der Waals surface area contributed by atoms with Gasteiger partial charge in [0.25, 0.3) is 0 Å². The average molecular weight is 360 g/mol. The topological polar surface area (TPSA) is 38.3 Å². The van der Waals surface area contributed by atoms with Crippen LogP contribution in [0.4, 0.5) is 0 Å². The van der Waals surface area contributed by atoms with Gasteiger partial charge in [0.05, 0.1) is 11.8 Å². The van der Waals surface area contributed by atoms with E-state index in [1.54, 1.807) is 11.8 Å². The molecule has 1 amide bonds. The second-order valence-electron chi connectivity index (χ2n) is 4.46. The van der Waals surface area contributed by atoms with E-state index in [2.05, 4.69) is 28.2 Å². The van der Waals surface area contributed by atoms with Crippen molar-refractivity contribution in [1.29, 1.82) is 0 Å². The first kappa shape index (κ1) is 17.4. The lowest BCUT2D eigenvalue weighted by molar-refractivity contribution is -0.120. The molecule has 5 heteroatoms. The first-order chi connectivity index (χ1) is 9.63. The molecule has 0 radical (unpaired) electrons. The zero-order valence-electron chi connectivity index (χ0n) is 12.0. The first-order valence-corrected chi connectivity index (χ1v) is 8.75. The molecule has 0 aromatic heterocycles. The van der Waals surface area contributed by atoms with Crippen LogP contribution in [0, 0.1) is 0 Å². The van der Waals surface area contributed by atoms with Crippen LogP contribution >= 0.6 is 27.7 Å². The Morgan fingerprint density at radius 1 is 1.50 bits per heavy atom. The van der Waals surface area contributed by atoms with Crippen LogP contribution in [-0.4, -0.2) is 30.1 Å². The fourth-order valence-corrected chi connectivity index (χ4v) is 2.95. The zero-order chi connectivity index (χ0) is 14.8. The van der Waals surface area contributed by atoms with Gasteiger partial charge in [-0.1, -0.05) is 35.3 Å². The molecule has 0 aliphatic rings. The molecular weight excluding hydrogens is 338 g/mol. The second-order valence-corrected chi connectivity index (χ2v) is 6.83. The number of amides is 1. The molecule has 1 N–H and O–H groups in total. The van der Waals surface area contributed by atoms with Crippen molar-refractivity contribution in [2.45, 2.75) is 31.9 Å². The number of carbonyl (C=O) groups excluding carboxylic acids is 1. The largest absolute Gasteiger partial charge is 0.492 e. The number of rotatable bonds is 9. The lowest BCUT2D eigenvalue weighted by atomic mass is 10.3. The van der Waals surface area contributed by atoms with Gasteiger partial charge in [-0.3, -0.25) is 4.79 Å². The Hall–Kier alpha value is -0.680. The molecule has 0 saturated heterocycles. The Kier molecular flexibility index (Phi) is 8.78. The first-order valence-electron chi connectivity index (χ1n) is 6.91. The Balaban J connectivity index is 2.15. The fraction of sp³-hybridized carbons (Fsp3) is 0.533. The lowest BCUT2D eigenvalue weighted by Crippen LogP contribution is -2.34. The SMILES string of the molecule is CCCCSC(C)C(=O)NCCOc1cccc(Br)c1. The standard InChI is InChI=1S/C15H22BrNO2S/c1-3-4-10-20-12(2)15(18)17-8-9-19-14-7-5-6-13(16)11-14/h5-7,11-12H,3-4,8-10H2,1-2H3,(H,17,18). The van der Waals surface area contributed by atoms with E-state index in [0.29, 0.717) is 13.2 Å². The Morgan fingerprint density at radius 2 is 2.30 bits per heavy atom. The third-order valence-corrected chi connectivity index (χ3v) is 4.43. The number of hydrogen-bond donors (Lipinski definition) is 1. The van der Waals surface area contributed by atoms with Gasteiger partial charge in [-0.2, -0.15) is 0 Å². The molecule has 1 rings (SSSR count). The van der Waals surface area contributed by atoms with Crippen LogP contribution in [0.3, 0.4) is 0 Å². The fourth-order valence-electron chi connectivity index (χ4n) is 1.52. The molecule has 0 saturated carbocycles. The normalized spacial score (nSPS) is 11.9. The molecule has 0 heterocycles. The Labute approximate surface area is 134 Å². The molecule has 20 heavy (non-hydrogen) atoms. The molecular formula is C15H22BrNO2S. The van der Waals surface area contributed by atoms with Gasteiger partial charge in [-0.05, 0) is 37.3 Å². The highest BCUT2D eigenvalue weighted by atomic mass is 79.9. The van der Waals surface area contributed by atoms with Crippen LogP contribution in [0.2, 0.25) is 0 Å². The molecule has 1 aromatic carbocycles. The maximum absolute atomic E-state index is 11.8. The predicted octanol–water partition coefficient (Wildman–Crippen LogP) is 3.87. The molecule has 0 aliphatic carbocycles. The molecule has 3 nitrogen and oxygen atoms in total. The second kappa shape index (κ2) is 10.1. The molecule has 1 atom stereocenters. The quantitative estimate of drug-likeness (QED) is 0.680. The van der Waals surface area contributed by atoms with Crippen LogP contribution < -0.4 is 10.1 Å². The van der Waals surface area contributed by atoms with Crippen LogP contribution in [0.25, 0.3) is 0 Å². The molecule has 0 fully saturated rings. The molecule has 1 aromatic rings. The van der Waals surface area contributed by atoms with Gasteiger partial charge in [0.2, 0.25) is 5.91 Å². The van der Waals surface area contributed by atoms with E-state index >= 15 is 0 Å². The number of unbranched alkanes of at least 4 members (excludes halogenated alkanes) is 1. The summed E-state index contributed by atoms with van der Waals surface area (Å²) in [5.74, 6) is 1.93. The summed E-state index contributed by atoms with van der Waals surface area (Å²) in [6.45, 7) is 5.12. The number of halogens is 1. The number of thioether (sulfide) groups is 1. The van der Waals surface area contributed by atoms with E-state index in [0.717, 1.165) is 22.4 Å². The van der Waals surface area contributed by atoms with Gasteiger partial charge in [-0.15, -0.1) is 11.8 Å². The molecule has 112 valence electrons. The summed E-state index contributed by atoms with van der Waals surface area (Å²) in [6, 6.07) is 7.68. The van der Waals surface area contributed by atoms with E-state index < -0.39 is 0 Å². The van der Waals surface area contributed by atoms with Crippen LogP contribution in [0.5, 0.6) is 5.75 Å². The highest BCUT2D eigenvalue weighted by Gasteiger charge is 2.11. The maximum atomic E-state index is 11.8. The van der Waals surface area contributed by atoms with Crippen molar-refractivity contribution in [2.75, 3.05) is 18.9 Å². The lowest BCUT2D eigenvalue weighted by Gasteiger charge is -2.12. The number of benzene rings is 1. The van der Waals surface area contributed by atoms with Crippen LogP contribution in [-0.2, 0) is 4.79 Å². The smallest absolute Gasteiger partial charge is 0.232 e. The molecule has 0 aliphatic heterocycles. The summed E-state index contributed by atoms with van der Waals surface area (Å²) >= 11 is 5.10. The Morgan fingerprint density at radius 3 is 3.00 bits per heavy atom. The maximum Gasteiger partial charge on any atom is 0.232 e. The summed E-state index contributed by atoms with van der Waals surface area (Å²) in [4.78, 5) is 11.8. The van der Waals surface area contributed by atoms with Gasteiger partial charge in [0, 0.05) is 4.47 Å².